The zero-order chi connectivity index (χ0) is 46.7. The van der Waals surface area contributed by atoms with Crippen molar-refractivity contribution in [3.8, 4) is 0 Å². The van der Waals surface area contributed by atoms with Crippen LogP contribution in [0.15, 0.2) is 144 Å². The molecule has 5 heteroatoms. The van der Waals surface area contributed by atoms with Gasteiger partial charge in [-0.15, -0.1) is 23.1 Å². The van der Waals surface area contributed by atoms with Crippen molar-refractivity contribution < 1.29 is 0 Å². The topological polar surface area (TPSA) is 6.48 Å². The molecule has 2 nitrogen and oxygen atoms in total. The molecule has 67 heavy (non-hydrogen) atoms. The standard InChI is InChI=1S/C62H61BN2S2/c1-37-31-51-55-52(32-37)65(42-28-23-39(24-29-42)59(5,6)7)56-43-33-40(60(8,9)10)25-30-53(43)67-57(56)63(55)49-35-54-48(34-50(49)64(51)41-26-21-38(22-27-41)58(2,3)4)62(36-66-54)46-19-15-13-17-44(46)61(11,12)45-18-14-16-20-47(45)62/h13-35H,36H2,1-12H3. The molecule has 0 N–H and O–H groups in total. The van der Waals surface area contributed by atoms with E-state index in [1.165, 1.54) is 115 Å². The number of rotatable bonds is 2. The molecule has 7 aromatic carbocycles. The van der Waals surface area contributed by atoms with E-state index < -0.39 is 0 Å². The van der Waals surface area contributed by atoms with Gasteiger partial charge in [0.25, 0.3) is 6.71 Å². The maximum absolute atomic E-state index is 2.65. The first-order chi connectivity index (χ1) is 31.8. The first kappa shape index (κ1) is 42.8. The molecule has 0 fully saturated rings. The summed E-state index contributed by atoms with van der Waals surface area (Å²) in [5, 5.41) is 1.34. The summed E-state index contributed by atoms with van der Waals surface area (Å²) in [7, 11) is 0. The van der Waals surface area contributed by atoms with Gasteiger partial charge in [0, 0.05) is 59.4 Å². The van der Waals surface area contributed by atoms with E-state index in [2.05, 4.69) is 244 Å². The molecular weight excluding hydrogens is 848 g/mol. The second-order valence-electron chi connectivity index (χ2n) is 23.5. The number of nitrogens with zero attached hydrogens (tertiary/aromatic N) is 2. The minimum absolute atomic E-state index is 0.0122. The minimum Gasteiger partial charge on any atom is -0.311 e. The van der Waals surface area contributed by atoms with E-state index in [0.717, 1.165) is 5.75 Å². The fourth-order valence-electron chi connectivity index (χ4n) is 12.1. The maximum atomic E-state index is 2.65. The summed E-state index contributed by atoms with van der Waals surface area (Å²) in [6, 6.07) is 55.2. The van der Waals surface area contributed by atoms with Crippen LogP contribution in [-0.2, 0) is 27.1 Å². The van der Waals surface area contributed by atoms with Crippen molar-refractivity contribution in [2.24, 2.45) is 0 Å². The molecule has 0 saturated heterocycles. The van der Waals surface area contributed by atoms with E-state index in [-0.39, 0.29) is 33.8 Å². The van der Waals surface area contributed by atoms with E-state index >= 15 is 0 Å². The lowest BCUT2D eigenvalue weighted by molar-refractivity contribution is 0.547. The van der Waals surface area contributed by atoms with Gasteiger partial charge in [-0.2, -0.15) is 0 Å². The van der Waals surface area contributed by atoms with Gasteiger partial charge in [0.1, 0.15) is 0 Å². The van der Waals surface area contributed by atoms with E-state index in [4.69, 9.17) is 0 Å². The molecule has 0 radical (unpaired) electrons. The van der Waals surface area contributed by atoms with Gasteiger partial charge in [0.05, 0.1) is 11.1 Å². The molecule has 12 rings (SSSR count). The highest BCUT2D eigenvalue weighted by atomic mass is 32.2. The molecular formula is C62H61BN2S2. The molecule has 0 unspecified atom stereocenters. The number of aryl methyl sites for hydroxylation is 1. The molecule has 1 aromatic heterocycles. The Morgan fingerprint density at radius 3 is 1.58 bits per heavy atom. The SMILES string of the molecule is Cc1cc2c3c(c1)N(c1ccc(C(C)(C)C)cc1)c1c(sc4ccc(C(C)(C)C)cc14)B3c1cc3c(cc1N2c1ccc(C(C)(C)C)cc1)C1(CS3)c2ccccc2C(C)(C)c2ccccc21. The van der Waals surface area contributed by atoms with Gasteiger partial charge >= 0.3 is 0 Å². The van der Waals surface area contributed by atoms with Crippen LogP contribution in [-0.4, -0.2) is 12.5 Å². The maximum Gasteiger partial charge on any atom is 0.264 e. The number of hydrogen-bond acceptors (Lipinski definition) is 4. The van der Waals surface area contributed by atoms with E-state index in [1.54, 1.807) is 0 Å². The van der Waals surface area contributed by atoms with Crippen molar-refractivity contribution in [3.05, 3.63) is 190 Å². The molecule has 4 aliphatic rings. The van der Waals surface area contributed by atoms with Crippen LogP contribution < -0.4 is 25.5 Å². The van der Waals surface area contributed by atoms with E-state index in [9.17, 15) is 0 Å². The van der Waals surface area contributed by atoms with Crippen LogP contribution in [0, 0.1) is 6.92 Å². The Balaban J connectivity index is 1.18. The van der Waals surface area contributed by atoms with Crippen LogP contribution in [0.4, 0.5) is 34.1 Å². The Kier molecular flexibility index (Phi) is 9.13. The quantitative estimate of drug-likeness (QED) is 0.160. The molecule has 1 spiro atoms. The van der Waals surface area contributed by atoms with Crippen LogP contribution in [0.1, 0.15) is 126 Å². The molecule has 0 atom stereocenters. The summed E-state index contributed by atoms with van der Waals surface area (Å²) in [4.78, 5) is 6.68. The number of thioether (sulfide) groups is 1. The molecule has 0 amide bonds. The Hall–Kier alpha value is -5.49. The summed E-state index contributed by atoms with van der Waals surface area (Å²) >= 11 is 4.06. The van der Waals surface area contributed by atoms with Gasteiger partial charge in [-0.1, -0.05) is 161 Å². The van der Waals surface area contributed by atoms with Crippen LogP contribution in [0.25, 0.3) is 10.1 Å². The normalized spacial score (nSPS) is 16.4. The third-order valence-electron chi connectivity index (χ3n) is 15.8. The summed E-state index contributed by atoms with van der Waals surface area (Å²) < 4.78 is 2.77. The number of fused-ring (bicyclic) bond motifs is 12. The van der Waals surface area contributed by atoms with Crippen molar-refractivity contribution in [1.29, 1.82) is 0 Å². The van der Waals surface area contributed by atoms with Crippen LogP contribution in [0.3, 0.4) is 0 Å². The molecule has 0 saturated carbocycles. The average molecular weight is 909 g/mol. The van der Waals surface area contributed by atoms with Crippen molar-refractivity contribution in [1.82, 2.24) is 0 Å². The Bertz CT molecular complexity index is 3300. The summed E-state index contributed by atoms with van der Waals surface area (Å²) in [6.07, 6.45) is 0. The monoisotopic (exact) mass is 908 g/mol. The van der Waals surface area contributed by atoms with Gasteiger partial charge < -0.3 is 9.80 Å². The van der Waals surface area contributed by atoms with Gasteiger partial charge in [-0.25, -0.2) is 0 Å². The highest BCUT2D eigenvalue weighted by Gasteiger charge is 2.53. The van der Waals surface area contributed by atoms with Crippen molar-refractivity contribution in [2.45, 2.75) is 115 Å². The second-order valence-corrected chi connectivity index (χ2v) is 25.6. The Morgan fingerprint density at radius 1 is 0.522 bits per heavy atom. The molecule has 3 aliphatic heterocycles. The first-order valence-electron chi connectivity index (χ1n) is 24.3. The Morgan fingerprint density at radius 2 is 1.03 bits per heavy atom. The number of anilines is 6. The smallest absolute Gasteiger partial charge is 0.264 e. The fraction of sp³-hybridized carbons (Fsp3) is 0.290. The fourth-order valence-corrected chi connectivity index (χ4v) is 14.9. The lowest BCUT2D eigenvalue weighted by Gasteiger charge is -2.46. The Labute approximate surface area is 407 Å². The van der Waals surface area contributed by atoms with Crippen molar-refractivity contribution in [2.75, 3.05) is 15.6 Å². The van der Waals surface area contributed by atoms with Crippen LogP contribution >= 0.6 is 23.1 Å². The lowest BCUT2D eigenvalue weighted by Crippen LogP contribution is -2.60. The highest BCUT2D eigenvalue weighted by Crippen LogP contribution is 2.60. The summed E-state index contributed by atoms with van der Waals surface area (Å²) in [5.74, 6) is 0.972. The summed E-state index contributed by atoms with van der Waals surface area (Å²) in [5.41, 5.74) is 22.6. The molecule has 1 aliphatic carbocycles. The molecule has 0 bridgehead atoms. The van der Waals surface area contributed by atoms with Gasteiger partial charge in [-0.3, -0.25) is 0 Å². The minimum atomic E-state index is -0.285. The second kappa shape index (κ2) is 14.3. The predicted octanol–water partition coefficient (Wildman–Crippen LogP) is 15.3. The first-order valence-corrected chi connectivity index (χ1v) is 26.1. The van der Waals surface area contributed by atoms with Crippen LogP contribution in [0.2, 0.25) is 0 Å². The van der Waals surface area contributed by atoms with E-state index in [0.29, 0.717) is 0 Å². The number of thiophene rings is 1. The lowest BCUT2D eigenvalue weighted by atomic mass is 9.36. The molecule has 4 heterocycles. The van der Waals surface area contributed by atoms with Crippen molar-refractivity contribution in [3.63, 3.8) is 0 Å². The molecule has 8 aromatic rings. The number of benzene rings is 7. The van der Waals surface area contributed by atoms with Crippen LogP contribution in [0.5, 0.6) is 0 Å². The average Bonchev–Trinajstić information content (AvgIpc) is 3.86. The number of hydrogen-bond donors (Lipinski definition) is 0. The van der Waals surface area contributed by atoms with Gasteiger partial charge in [0.2, 0.25) is 0 Å². The van der Waals surface area contributed by atoms with Crippen molar-refractivity contribution >= 4 is 89.7 Å². The predicted molar refractivity (Wildman–Crippen MR) is 292 cm³/mol. The third kappa shape index (κ3) is 6.15. The zero-order valence-corrected chi connectivity index (χ0v) is 42.9. The molecule has 334 valence electrons. The van der Waals surface area contributed by atoms with Gasteiger partial charge in [0.15, 0.2) is 0 Å². The highest BCUT2D eigenvalue weighted by molar-refractivity contribution is 7.99. The largest absolute Gasteiger partial charge is 0.311 e. The third-order valence-corrected chi connectivity index (χ3v) is 18.2. The summed E-state index contributed by atoms with van der Waals surface area (Å²) in [6.45, 7) is 28.1. The van der Waals surface area contributed by atoms with E-state index in [1.807, 2.05) is 11.3 Å². The zero-order valence-electron chi connectivity index (χ0n) is 41.3. The van der Waals surface area contributed by atoms with Gasteiger partial charge in [-0.05, 0) is 139 Å².